The average Bonchev–Trinajstić information content (AvgIpc) is 4.23. The van der Waals surface area contributed by atoms with Crippen molar-refractivity contribution in [2.24, 2.45) is 23.7 Å². The van der Waals surface area contributed by atoms with Crippen LogP contribution in [0, 0.1) is 23.7 Å². The van der Waals surface area contributed by atoms with E-state index in [4.69, 9.17) is 9.84 Å². The first-order valence-electron chi connectivity index (χ1n) is 26.9. The van der Waals surface area contributed by atoms with E-state index in [-0.39, 0.29) is 86.0 Å². The van der Waals surface area contributed by atoms with Crippen molar-refractivity contribution < 1.29 is 68.7 Å². The number of amides is 2. The van der Waals surface area contributed by atoms with E-state index in [2.05, 4.69) is 37.9 Å². The van der Waals surface area contributed by atoms with E-state index in [1.165, 1.54) is 44.9 Å². The van der Waals surface area contributed by atoms with Gasteiger partial charge in [-0.15, -0.1) is 22.7 Å². The maximum absolute atomic E-state index is 14.2. The average molecular weight is 1160 g/mol. The molecule has 4 fully saturated rings. The SMILES string of the molecule is C.C.CC1CCC(C(=O)N(c2cc(-c3ccccc3)sc2C(=O)O)C2CC[NH+](C)CC2)CC1.CC1CCC(C(=O)N(c2cc(-c3ccccc3)sc2C(=O)Oc2cccnc2)C2CC[NH+](C)CC2)CC1.Oc1cccnc1.[Cl-].[Cl-]. The largest absolute Gasteiger partial charge is 1.00 e. The number of halogens is 2. The number of hydrogen-bond donors (Lipinski definition) is 4. The quantitative estimate of drug-likeness (QED) is 0.133. The second-order valence-electron chi connectivity index (χ2n) is 21.2. The highest BCUT2D eigenvalue weighted by Crippen LogP contribution is 2.43. The molecule has 428 valence electrons. The van der Waals surface area contributed by atoms with Gasteiger partial charge in [0.25, 0.3) is 0 Å². The van der Waals surface area contributed by atoms with Gasteiger partial charge in [0.1, 0.15) is 21.3 Å². The maximum Gasteiger partial charge on any atom is 0.355 e. The number of esters is 1. The summed E-state index contributed by atoms with van der Waals surface area (Å²) in [6.45, 7) is 8.58. The fraction of sp³-hybridized carbons (Fsp3) is 0.452. The van der Waals surface area contributed by atoms with E-state index >= 15 is 0 Å². The standard InChI is InChI=1S/C30H35N3O3S.C25H32N2O3S.C5H5NO.2CH4.2ClH/c1-21-10-12-23(13-11-21)29(34)33(24-14-17-32(2)18-15-24)26-19-27(22-7-4-3-5-8-22)37-28(26)30(35)36-25-9-6-16-31-20-25;1-17-8-10-19(11-9-17)24(28)27(20-12-14-26(2)15-13-20)21-16-22(31-23(21)25(29)30)18-6-4-3-5-7-18;7-5-2-1-3-6-4-5;;;;/h3-9,16,19-21,23-24H,10-15,17-18H2,1-2H3;3-7,16-17,19-20H,8-15H2,1-2H3,(H,29,30);1-4,7H;2*1H4;2*1H. The lowest BCUT2D eigenvalue weighted by molar-refractivity contribution is -0.884. The van der Waals surface area contributed by atoms with Crippen LogP contribution in [-0.2, 0) is 9.59 Å². The zero-order valence-electron chi connectivity index (χ0n) is 44.6. The Morgan fingerprint density at radius 3 is 1.33 bits per heavy atom. The molecule has 2 aromatic carbocycles. The molecule has 2 aliphatic heterocycles. The lowest BCUT2D eigenvalue weighted by atomic mass is 9.82. The molecule has 17 heteroatoms. The topological polar surface area (TPSA) is 159 Å². The molecule has 2 aliphatic carbocycles. The summed E-state index contributed by atoms with van der Waals surface area (Å²) < 4.78 is 5.75. The molecule has 6 heterocycles. The number of likely N-dealkylation sites (tertiary alicyclic amines) is 2. The van der Waals surface area contributed by atoms with Gasteiger partial charge in [0.15, 0.2) is 0 Å². The number of carboxylic acid groups (broad SMARTS) is 1. The Balaban J connectivity index is 0.000000292. The van der Waals surface area contributed by atoms with E-state index in [1.54, 1.807) is 36.7 Å². The molecule has 0 radical (unpaired) electrons. The molecular formula is C62H82Cl2N6O7S2. The number of nitrogens with zero attached hydrogens (tertiary/aromatic N) is 4. The van der Waals surface area contributed by atoms with Crippen LogP contribution in [0.15, 0.2) is 122 Å². The van der Waals surface area contributed by atoms with E-state index in [1.807, 2.05) is 82.6 Å². The second kappa shape index (κ2) is 31.9. The van der Waals surface area contributed by atoms with Gasteiger partial charge in [-0.3, -0.25) is 19.6 Å². The number of pyridine rings is 2. The minimum absolute atomic E-state index is 0. The number of ether oxygens (including phenoxy) is 1. The number of aromatic nitrogens is 2. The van der Waals surface area contributed by atoms with Crippen LogP contribution in [0.5, 0.6) is 11.5 Å². The molecule has 10 rings (SSSR count). The highest BCUT2D eigenvalue weighted by molar-refractivity contribution is 7.18. The van der Waals surface area contributed by atoms with Gasteiger partial charge in [0.2, 0.25) is 11.8 Å². The lowest BCUT2D eigenvalue weighted by Crippen LogP contribution is -3.10. The molecule has 4 aliphatic rings. The van der Waals surface area contributed by atoms with Gasteiger partial charge >= 0.3 is 11.9 Å². The van der Waals surface area contributed by atoms with Crippen molar-refractivity contribution in [3.05, 3.63) is 132 Å². The number of piperidine rings is 2. The number of carbonyl (C=O) groups excluding carboxylic acids is 3. The maximum atomic E-state index is 14.2. The van der Waals surface area contributed by atoms with E-state index < -0.39 is 11.9 Å². The number of rotatable bonds is 11. The summed E-state index contributed by atoms with van der Waals surface area (Å²) in [4.78, 5) is 71.1. The van der Waals surface area contributed by atoms with Gasteiger partial charge in [0, 0.05) is 71.8 Å². The highest BCUT2D eigenvalue weighted by Gasteiger charge is 2.40. The molecule has 4 N–H and O–H groups in total. The van der Waals surface area contributed by atoms with Crippen LogP contribution in [-0.4, -0.2) is 96.3 Å². The summed E-state index contributed by atoms with van der Waals surface area (Å²) in [5.74, 6) is 0.874. The minimum atomic E-state index is -0.948. The number of anilines is 2. The monoisotopic (exact) mass is 1160 g/mol. The van der Waals surface area contributed by atoms with E-state index in [9.17, 15) is 24.3 Å². The molecule has 0 bridgehead atoms. The first-order chi connectivity index (χ1) is 36.3. The number of carbonyl (C=O) groups is 4. The summed E-state index contributed by atoms with van der Waals surface area (Å²) in [7, 11) is 4.39. The van der Waals surface area contributed by atoms with Crippen LogP contribution in [0.2, 0.25) is 0 Å². The Labute approximate surface area is 489 Å². The number of aromatic hydroxyl groups is 1. The third-order valence-corrected chi connectivity index (χ3v) is 17.8. The summed E-state index contributed by atoms with van der Waals surface area (Å²) >= 11 is 2.68. The van der Waals surface area contributed by atoms with Gasteiger partial charge in [-0.25, -0.2) is 9.59 Å². The van der Waals surface area contributed by atoms with Gasteiger partial charge in [-0.2, -0.15) is 0 Å². The third-order valence-electron chi connectivity index (χ3n) is 15.5. The molecule has 4 aromatic heterocycles. The fourth-order valence-corrected chi connectivity index (χ4v) is 13.0. The van der Waals surface area contributed by atoms with Crippen molar-refractivity contribution >= 4 is 57.8 Å². The number of hydrogen-bond acceptors (Lipinski definition) is 10. The van der Waals surface area contributed by atoms with Crippen LogP contribution < -0.4 is 49.2 Å². The summed E-state index contributed by atoms with van der Waals surface area (Å²) in [5, 5.41) is 18.6. The first kappa shape index (κ1) is 65.8. The fourth-order valence-electron chi connectivity index (χ4n) is 10.9. The Hall–Kier alpha value is -5.68. The summed E-state index contributed by atoms with van der Waals surface area (Å²) in [5.41, 5.74) is 3.32. The zero-order valence-corrected chi connectivity index (χ0v) is 47.8. The Bertz CT molecular complexity index is 2780. The molecule has 2 amide bonds. The van der Waals surface area contributed by atoms with Crippen molar-refractivity contribution in [1.29, 1.82) is 0 Å². The van der Waals surface area contributed by atoms with Crippen molar-refractivity contribution in [2.75, 3.05) is 50.1 Å². The van der Waals surface area contributed by atoms with E-state index in [0.29, 0.717) is 33.8 Å². The smallest absolute Gasteiger partial charge is 0.355 e. The number of quaternary nitrogens is 2. The molecular weight excluding hydrogens is 1080 g/mol. The van der Waals surface area contributed by atoms with Gasteiger partial charge in [0.05, 0.1) is 64.0 Å². The normalized spacial score (nSPS) is 22.3. The van der Waals surface area contributed by atoms with Gasteiger partial charge < -0.3 is 59.4 Å². The van der Waals surface area contributed by atoms with Gasteiger partial charge in [-0.1, -0.05) is 89.4 Å². The number of carboxylic acids is 1. The first-order valence-corrected chi connectivity index (χ1v) is 28.6. The van der Waals surface area contributed by atoms with Crippen LogP contribution in [0.1, 0.15) is 125 Å². The van der Waals surface area contributed by atoms with Crippen LogP contribution >= 0.6 is 22.7 Å². The van der Waals surface area contributed by atoms with Crippen molar-refractivity contribution in [1.82, 2.24) is 9.97 Å². The number of aromatic carboxylic acids is 1. The third kappa shape index (κ3) is 17.7. The van der Waals surface area contributed by atoms with Crippen molar-refractivity contribution in [3.8, 4) is 32.4 Å². The molecule has 2 saturated heterocycles. The van der Waals surface area contributed by atoms with Crippen molar-refractivity contribution in [2.45, 2.75) is 118 Å². The van der Waals surface area contributed by atoms with Crippen LogP contribution in [0.25, 0.3) is 20.9 Å². The molecule has 0 atom stereocenters. The summed E-state index contributed by atoms with van der Waals surface area (Å²) in [6, 6.07) is 30.8. The Morgan fingerprint density at radius 1 is 0.557 bits per heavy atom. The zero-order chi connectivity index (χ0) is 52.8. The second-order valence-corrected chi connectivity index (χ2v) is 23.3. The van der Waals surface area contributed by atoms with E-state index in [0.717, 1.165) is 124 Å². The van der Waals surface area contributed by atoms with Crippen molar-refractivity contribution in [3.63, 3.8) is 0 Å². The number of thiophene rings is 2. The molecule has 0 unspecified atom stereocenters. The predicted molar refractivity (Wildman–Crippen MR) is 312 cm³/mol. The molecule has 13 nitrogen and oxygen atoms in total. The number of nitrogens with one attached hydrogen (secondary N) is 2. The summed E-state index contributed by atoms with van der Waals surface area (Å²) in [6.07, 6.45) is 17.8. The Morgan fingerprint density at radius 2 is 0.962 bits per heavy atom. The predicted octanol–water partition coefficient (Wildman–Crippen LogP) is 4.88. The molecule has 0 spiro atoms. The molecule has 79 heavy (non-hydrogen) atoms. The number of benzene rings is 2. The lowest BCUT2D eigenvalue weighted by Gasteiger charge is -2.38. The molecule has 6 aromatic rings. The molecule has 2 saturated carbocycles. The van der Waals surface area contributed by atoms with Gasteiger partial charge in [-0.05, 0) is 111 Å². The highest BCUT2D eigenvalue weighted by atomic mass is 35.5. The Kier molecular flexibility index (Phi) is 26.6. The minimum Gasteiger partial charge on any atom is -1.00 e. The van der Waals surface area contributed by atoms with Crippen LogP contribution in [0.4, 0.5) is 11.4 Å². The van der Waals surface area contributed by atoms with Crippen LogP contribution in [0.3, 0.4) is 0 Å².